The number of hydrogen-bond donors (Lipinski definition) is 1. The molecule has 5 rings (SSSR count). The van der Waals surface area contributed by atoms with Gasteiger partial charge in [0.25, 0.3) is 0 Å². The highest BCUT2D eigenvalue weighted by atomic mass is 16.3. The fraction of sp³-hybridized carbons (Fsp3) is 0.556. The van der Waals surface area contributed by atoms with Gasteiger partial charge in [0.1, 0.15) is 5.78 Å². The first-order chi connectivity index (χ1) is 16.6. The van der Waals surface area contributed by atoms with E-state index in [0.717, 1.165) is 73.0 Å². The average Bonchev–Trinajstić information content (AvgIpc) is 3.24. The Kier molecular flexibility index (Phi) is 7.02. The van der Waals surface area contributed by atoms with Crippen molar-refractivity contribution in [2.75, 3.05) is 19.7 Å². The van der Waals surface area contributed by atoms with Crippen LogP contribution in [0.5, 0.6) is 0 Å². The van der Waals surface area contributed by atoms with Gasteiger partial charge in [-0.15, -0.1) is 0 Å². The van der Waals surface area contributed by atoms with Crippen LogP contribution in [0.25, 0.3) is 22.0 Å². The Balaban J connectivity index is 1.34. The third-order valence-electron chi connectivity index (χ3n) is 7.75. The summed E-state index contributed by atoms with van der Waals surface area (Å²) in [6, 6.07) is 8.28. The molecule has 0 radical (unpaired) electrons. The zero-order chi connectivity index (χ0) is 23.5. The summed E-state index contributed by atoms with van der Waals surface area (Å²) >= 11 is 0. The number of hydrogen-bond acceptors (Lipinski definition) is 6. The van der Waals surface area contributed by atoms with Crippen LogP contribution in [0, 0.1) is 11.8 Å². The average molecular weight is 462 g/mol. The maximum absolute atomic E-state index is 12.9. The number of aliphatic hydroxyl groups excluding tert-OH is 1. The van der Waals surface area contributed by atoms with E-state index in [0.29, 0.717) is 12.3 Å². The topological polar surface area (TPSA) is 84.1 Å². The van der Waals surface area contributed by atoms with Crippen LogP contribution < -0.4 is 0 Å². The molecule has 34 heavy (non-hydrogen) atoms. The van der Waals surface area contributed by atoms with Crippen molar-refractivity contribution in [2.45, 2.75) is 57.9 Å². The van der Waals surface area contributed by atoms with Crippen molar-refractivity contribution in [3.8, 4) is 11.1 Å². The zero-order valence-corrected chi connectivity index (χ0v) is 20.1. The summed E-state index contributed by atoms with van der Waals surface area (Å²) in [4.78, 5) is 15.4. The van der Waals surface area contributed by atoms with Gasteiger partial charge < -0.3 is 5.11 Å². The number of ketones is 1. The van der Waals surface area contributed by atoms with Crippen molar-refractivity contribution in [1.82, 2.24) is 24.9 Å². The molecule has 1 saturated heterocycles. The summed E-state index contributed by atoms with van der Waals surface area (Å²) < 4.78 is 1.99. The van der Waals surface area contributed by atoms with Crippen LogP contribution in [0.2, 0.25) is 0 Å². The maximum atomic E-state index is 12.9. The Morgan fingerprint density at radius 2 is 1.85 bits per heavy atom. The summed E-state index contributed by atoms with van der Waals surface area (Å²) in [6.07, 6.45) is 9.77. The molecule has 2 aromatic heterocycles. The lowest BCUT2D eigenvalue weighted by Gasteiger charge is -2.26. The highest BCUT2D eigenvalue weighted by Gasteiger charge is 2.26. The number of Topliss-reactive ketones (excluding diaryl/α,β-unsaturated/α-hetero) is 1. The van der Waals surface area contributed by atoms with Gasteiger partial charge in [-0.2, -0.15) is 15.3 Å². The van der Waals surface area contributed by atoms with E-state index < -0.39 is 0 Å². The number of carbonyl (C=O) groups is 1. The molecule has 7 nitrogen and oxygen atoms in total. The van der Waals surface area contributed by atoms with Crippen LogP contribution in [0.1, 0.15) is 56.3 Å². The lowest BCUT2D eigenvalue weighted by Crippen LogP contribution is -2.30. The third-order valence-corrected chi connectivity index (χ3v) is 7.75. The van der Waals surface area contributed by atoms with Crippen molar-refractivity contribution >= 4 is 16.7 Å². The van der Waals surface area contributed by atoms with Gasteiger partial charge in [0.2, 0.25) is 0 Å². The van der Waals surface area contributed by atoms with Gasteiger partial charge in [0, 0.05) is 37.1 Å². The normalized spacial score (nSPS) is 21.7. The monoisotopic (exact) mass is 461 g/mol. The van der Waals surface area contributed by atoms with Crippen LogP contribution in [0.3, 0.4) is 0 Å². The van der Waals surface area contributed by atoms with Crippen molar-refractivity contribution in [2.24, 2.45) is 18.9 Å². The molecule has 3 heterocycles. The Morgan fingerprint density at radius 1 is 1.06 bits per heavy atom. The predicted octanol–water partition coefficient (Wildman–Crippen LogP) is 3.93. The molecule has 1 aliphatic heterocycles. The number of aliphatic hydroxyl groups is 1. The van der Waals surface area contributed by atoms with Crippen molar-refractivity contribution in [3.63, 3.8) is 0 Å². The van der Waals surface area contributed by atoms with Crippen molar-refractivity contribution < 1.29 is 9.90 Å². The van der Waals surface area contributed by atoms with Crippen LogP contribution in [0.4, 0.5) is 0 Å². The molecule has 2 aliphatic rings. The fourth-order valence-electron chi connectivity index (χ4n) is 5.55. The standard InChI is InChI=1S/C27H35N5O2/c1-31-26(17-32-11-3-2-4-12-32)24(16-28-31)21-9-10-25-22(13-21)14-23(29-30-25)15-27(34)20-7-5-19(18-33)6-8-20/h9-10,13-14,16,19-20,33H,2-8,11-12,15,17-18H2,1H3. The van der Waals surface area contributed by atoms with Crippen molar-refractivity contribution in [1.29, 1.82) is 0 Å². The SMILES string of the molecule is Cn1ncc(-c2ccc3nnc(CC(=O)C4CCC(CO)CC4)cc3c2)c1CN1CCCCC1. The van der Waals surface area contributed by atoms with Gasteiger partial charge in [-0.1, -0.05) is 12.5 Å². The number of benzene rings is 1. The van der Waals surface area contributed by atoms with Crippen LogP contribution in [0.15, 0.2) is 30.5 Å². The minimum absolute atomic E-state index is 0.0827. The van der Waals surface area contributed by atoms with E-state index in [-0.39, 0.29) is 18.3 Å². The second kappa shape index (κ2) is 10.3. The summed E-state index contributed by atoms with van der Waals surface area (Å²) in [5.74, 6) is 0.687. The Hall–Kier alpha value is -2.64. The molecule has 0 amide bonds. The molecule has 0 unspecified atom stereocenters. The molecule has 1 N–H and O–H groups in total. The number of aryl methyl sites for hydroxylation is 1. The molecule has 1 aliphatic carbocycles. The highest BCUT2D eigenvalue weighted by Crippen LogP contribution is 2.31. The molecule has 1 aromatic carbocycles. The molecule has 2 fully saturated rings. The van der Waals surface area contributed by atoms with E-state index in [1.54, 1.807) is 0 Å². The van der Waals surface area contributed by atoms with E-state index >= 15 is 0 Å². The van der Waals surface area contributed by atoms with Crippen LogP contribution in [-0.4, -0.2) is 55.5 Å². The number of nitrogens with zero attached hydrogens (tertiary/aromatic N) is 5. The fourth-order valence-corrected chi connectivity index (χ4v) is 5.55. The summed E-state index contributed by atoms with van der Waals surface area (Å²) in [7, 11) is 2.02. The van der Waals surface area contributed by atoms with Gasteiger partial charge in [-0.3, -0.25) is 14.4 Å². The number of likely N-dealkylation sites (tertiary alicyclic amines) is 1. The van der Waals surface area contributed by atoms with E-state index in [4.69, 9.17) is 0 Å². The van der Waals surface area contributed by atoms with Gasteiger partial charge in [0.15, 0.2) is 0 Å². The number of piperidine rings is 1. The lowest BCUT2D eigenvalue weighted by molar-refractivity contribution is -0.123. The molecular weight excluding hydrogens is 426 g/mol. The highest BCUT2D eigenvalue weighted by molar-refractivity contribution is 5.87. The smallest absolute Gasteiger partial charge is 0.141 e. The molecule has 0 bridgehead atoms. The second-order valence-corrected chi connectivity index (χ2v) is 10.1. The number of fused-ring (bicyclic) bond motifs is 1. The first-order valence-corrected chi connectivity index (χ1v) is 12.7. The molecular formula is C27H35N5O2. The quantitative estimate of drug-likeness (QED) is 0.574. The molecule has 0 atom stereocenters. The first kappa shape index (κ1) is 23.1. The first-order valence-electron chi connectivity index (χ1n) is 12.7. The summed E-state index contributed by atoms with van der Waals surface area (Å²) in [6.45, 7) is 3.45. The second-order valence-electron chi connectivity index (χ2n) is 10.1. The third kappa shape index (κ3) is 5.05. The molecule has 7 heteroatoms. The van der Waals surface area contributed by atoms with Crippen LogP contribution >= 0.6 is 0 Å². The van der Waals surface area contributed by atoms with Gasteiger partial charge >= 0.3 is 0 Å². The molecule has 1 saturated carbocycles. The maximum Gasteiger partial charge on any atom is 0.141 e. The van der Waals surface area contributed by atoms with Crippen molar-refractivity contribution in [3.05, 3.63) is 41.9 Å². The molecule has 0 spiro atoms. The summed E-state index contributed by atoms with van der Waals surface area (Å²) in [5, 5.41) is 23.6. The minimum Gasteiger partial charge on any atom is -0.396 e. The molecule has 3 aromatic rings. The molecule has 180 valence electrons. The van der Waals surface area contributed by atoms with E-state index in [1.807, 2.05) is 30.1 Å². The van der Waals surface area contributed by atoms with E-state index in [2.05, 4.69) is 32.3 Å². The van der Waals surface area contributed by atoms with Gasteiger partial charge in [0.05, 0.1) is 29.5 Å². The Labute approximate surface area is 201 Å². The summed E-state index contributed by atoms with van der Waals surface area (Å²) in [5.41, 5.74) is 5.09. The number of rotatable bonds is 7. The number of carbonyl (C=O) groups excluding carboxylic acids is 1. The largest absolute Gasteiger partial charge is 0.396 e. The zero-order valence-electron chi connectivity index (χ0n) is 20.1. The lowest BCUT2D eigenvalue weighted by atomic mass is 9.79. The predicted molar refractivity (Wildman–Crippen MR) is 132 cm³/mol. The van der Waals surface area contributed by atoms with E-state index in [9.17, 15) is 9.90 Å². The van der Waals surface area contributed by atoms with Gasteiger partial charge in [-0.05, 0) is 81.3 Å². The Morgan fingerprint density at radius 3 is 2.62 bits per heavy atom. The van der Waals surface area contributed by atoms with Gasteiger partial charge in [-0.25, -0.2) is 0 Å². The minimum atomic E-state index is 0.0827. The van der Waals surface area contributed by atoms with E-state index in [1.165, 1.54) is 25.0 Å². The van der Waals surface area contributed by atoms with Crippen LogP contribution in [-0.2, 0) is 24.8 Å². The number of aromatic nitrogens is 4. The Bertz CT molecular complexity index is 1140.